The van der Waals surface area contributed by atoms with Crippen LogP contribution in [0.5, 0.6) is 0 Å². The maximum absolute atomic E-state index is 12.0. The third-order valence-corrected chi connectivity index (χ3v) is 4.75. The number of rotatable bonds is 4. The van der Waals surface area contributed by atoms with Crippen molar-refractivity contribution in [3.63, 3.8) is 0 Å². The largest absolute Gasteiger partial charge is 0.462 e. The molecule has 1 N–H and O–H groups in total. The van der Waals surface area contributed by atoms with E-state index in [0.29, 0.717) is 30.8 Å². The molecule has 2 aliphatic heterocycles. The van der Waals surface area contributed by atoms with Crippen molar-refractivity contribution in [1.82, 2.24) is 14.7 Å². The average molecular weight is 293 g/mol. The first-order chi connectivity index (χ1) is 10.1. The maximum Gasteiger partial charge on any atom is 0.341 e. The smallest absolute Gasteiger partial charge is 0.341 e. The molecule has 21 heavy (non-hydrogen) atoms. The van der Waals surface area contributed by atoms with E-state index in [1.807, 2.05) is 7.05 Å². The molecule has 6 nitrogen and oxygen atoms in total. The van der Waals surface area contributed by atoms with Gasteiger partial charge in [0.1, 0.15) is 5.56 Å². The Morgan fingerprint density at radius 3 is 2.71 bits per heavy atom. The Kier molecular flexibility index (Phi) is 3.99. The zero-order valence-electron chi connectivity index (χ0n) is 12.7. The number of aliphatic hydroxyl groups excluding tert-OH is 1. The van der Waals surface area contributed by atoms with Crippen molar-refractivity contribution in [3.8, 4) is 0 Å². The molecular formula is C15H23N3O3. The van der Waals surface area contributed by atoms with Crippen LogP contribution in [-0.2, 0) is 18.3 Å². The first kappa shape index (κ1) is 14.5. The molecule has 1 aromatic heterocycles. The molecule has 0 radical (unpaired) electrons. The number of fused-ring (bicyclic) bond motifs is 2. The quantitative estimate of drug-likeness (QED) is 0.842. The topological polar surface area (TPSA) is 67.6 Å². The minimum absolute atomic E-state index is 0.171. The summed E-state index contributed by atoms with van der Waals surface area (Å²) in [6, 6.07) is 0.840. The maximum atomic E-state index is 12.0. The number of carbonyl (C=O) groups is 1. The summed E-state index contributed by atoms with van der Waals surface area (Å²) in [6.45, 7) is 2.88. The minimum atomic E-state index is -0.301. The van der Waals surface area contributed by atoms with Gasteiger partial charge in [-0.1, -0.05) is 0 Å². The lowest BCUT2D eigenvalue weighted by atomic mass is 9.99. The third kappa shape index (κ3) is 2.70. The van der Waals surface area contributed by atoms with Gasteiger partial charge in [0.2, 0.25) is 0 Å². The standard InChI is InChI=1S/C15H23N3O3/c1-3-21-15(20)13-8-16-17(2)14(13)9-18-10-4-5-11(18)7-12(19)6-10/h8,10-12,19H,3-7,9H2,1-2H3. The second kappa shape index (κ2) is 5.77. The van der Waals surface area contributed by atoms with E-state index >= 15 is 0 Å². The monoisotopic (exact) mass is 293 g/mol. The van der Waals surface area contributed by atoms with E-state index in [0.717, 1.165) is 31.4 Å². The van der Waals surface area contributed by atoms with Crippen LogP contribution < -0.4 is 0 Å². The molecule has 1 aromatic rings. The molecule has 0 amide bonds. The van der Waals surface area contributed by atoms with Gasteiger partial charge in [0.25, 0.3) is 0 Å². The second-order valence-corrected chi connectivity index (χ2v) is 6.03. The lowest BCUT2D eigenvalue weighted by Crippen LogP contribution is -2.44. The van der Waals surface area contributed by atoms with E-state index < -0.39 is 0 Å². The van der Waals surface area contributed by atoms with Crippen molar-refractivity contribution in [3.05, 3.63) is 17.5 Å². The highest BCUT2D eigenvalue weighted by molar-refractivity contribution is 5.90. The van der Waals surface area contributed by atoms with Crippen molar-refractivity contribution in [2.75, 3.05) is 6.61 Å². The summed E-state index contributed by atoms with van der Waals surface area (Å²) in [7, 11) is 1.86. The predicted molar refractivity (Wildman–Crippen MR) is 76.8 cm³/mol. The minimum Gasteiger partial charge on any atom is -0.462 e. The van der Waals surface area contributed by atoms with Gasteiger partial charge in [0.05, 0.1) is 24.6 Å². The molecule has 2 aliphatic rings. The van der Waals surface area contributed by atoms with E-state index in [-0.39, 0.29) is 12.1 Å². The summed E-state index contributed by atoms with van der Waals surface area (Å²) >= 11 is 0. The highest BCUT2D eigenvalue weighted by Gasteiger charge is 2.40. The molecule has 116 valence electrons. The molecule has 2 unspecified atom stereocenters. The number of carbonyl (C=O) groups excluding carboxylic acids is 1. The Morgan fingerprint density at radius 2 is 2.10 bits per heavy atom. The number of aliphatic hydroxyl groups is 1. The number of hydrogen-bond acceptors (Lipinski definition) is 5. The fourth-order valence-corrected chi connectivity index (χ4v) is 3.71. The average Bonchev–Trinajstić information content (AvgIpc) is 2.90. The van der Waals surface area contributed by atoms with Gasteiger partial charge >= 0.3 is 5.97 Å². The first-order valence-electron chi connectivity index (χ1n) is 7.72. The van der Waals surface area contributed by atoms with Crippen LogP contribution in [-0.4, -0.2) is 50.6 Å². The number of aryl methyl sites for hydroxylation is 1. The van der Waals surface area contributed by atoms with Crippen LogP contribution in [0, 0.1) is 0 Å². The Hall–Kier alpha value is -1.40. The molecule has 2 saturated heterocycles. The zero-order valence-corrected chi connectivity index (χ0v) is 12.7. The van der Waals surface area contributed by atoms with Gasteiger partial charge in [0, 0.05) is 25.7 Å². The molecule has 2 fully saturated rings. The van der Waals surface area contributed by atoms with E-state index in [4.69, 9.17) is 4.74 Å². The molecule has 0 saturated carbocycles. The van der Waals surface area contributed by atoms with Gasteiger partial charge in [-0.25, -0.2) is 4.79 Å². The second-order valence-electron chi connectivity index (χ2n) is 6.03. The van der Waals surface area contributed by atoms with Crippen LogP contribution in [0.15, 0.2) is 6.20 Å². The molecule has 0 spiro atoms. The van der Waals surface area contributed by atoms with Crippen molar-refractivity contribution in [2.24, 2.45) is 7.05 Å². The molecule has 0 aliphatic carbocycles. The summed E-state index contributed by atoms with van der Waals surface area (Å²) in [6.07, 6.45) is 5.36. The van der Waals surface area contributed by atoms with Gasteiger partial charge in [-0.05, 0) is 32.6 Å². The molecule has 0 aromatic carbocycles. The van der Waals surface area contributed by atoms with Crippen molar-refractivity contribution < 1.29 is 14.6 Å². The van der Waals surface area contributed by atoms with Gasteiger partial charge in [-0.2, -0.15) is 5.10 Å². The van der Waals surface area contributed by atoms with Crippen LogP contribution >= 0.6 is 0 Å². The lowest BCUT2D eigenvalue weighted by Gasteiger charge is -2.37. The van der Waals surface area contributed by atoms with Crippen molar-refractivity contribution >= 4 is 5.97 Å². The summed E-state index contributed by atoms with van der Waals surface area (Å²) in [5, 5.41) is 14.1. The fourth-order valence-electron chi connectivity index (χ4n) is 3.71. The Labute approximate surface area is 124 Å². The normalized spacial score (nSPS) is 28.8. The lowest BCUT2D eigenvalue weighted by molar-refractivity contribution is 0.0290. The van der Waals surface area contributed by atoms with Crippen LogP contribution in [0.2, 0.25) is 0 Å². The van der Waals surface area contributed by atoms with E-state index in [2.05, 4.69) is 10.00 Å². The molecule has 3 heterocycles. The predicted octanol–water partition coefficient (Wildman–Crippen LogP) is 1.08. The van der Waals surface area contributed by atoms with E-state index in [9.17, 15) is 9.90 Å². The third-order valence-electron chi connectivity index (χ3n) is 4.75. The molecule has 2 bridgehead atoms. The number of ether oxygens (including phenoxy) is 1. The SMILES string of the molecule is CCOC(=O)c1cnn(C)c1CN1C2CCC1CC(O)C2. The highest BCUT2D eigenvalue weighted by Crippen LogP contribution is 2.37. The zero-order chi connectivity index (χ0) is 15.0. The number of aromatic nitrogens is 2. The Bertz CT molecular complexity index is 514. The van der Waals surface area contributed by atoms with Crippen LogP contribution in [0.25, 0.3) is 0 Å². The molecule has 6 heteroatoms. The number of hydrogen-bond donors (Lipinski definition) is 1. The molecular weight excluding hydrogens is 270 g/mol. The summed E-state index contributed by atoms with van der Waals surface area (Å²) < 4.78 is 6.87. The Balaban J connectivity index is 1.79. The first-order valence-corrected chi connectivity index (χ1v) is 7.72. The number of esters is 1. The number of piperidine rings is 1. The van der Waals surface area contributed by atoms with Gasteiger partial charge in [0.15, 0.2) is 0 Å². The summed E-state index contributed by atoms with van der Waals surface area (Å²) in [4.78, 5) is 14.4. The number of nitrogens with zero attached hydrogens (tertiary/aromatic N) is 3. The van der Waals surface area contributed by atoms with Crippen LogP contribution in [0.4, 0.5) is 0 Å². The fraction of sp³-hybridized carbons (Fsp3) is 0.733. The van der Waals surface area contributed by atoms with Gasteiger partial charge in [-0.15, -0.1) is 0 Å². The van der Waals surface area contributed by atoms with E-state index in [1.54, 1.807) is 17.8 Å². The highest BCUT2D eigenvalue weighted by atomic mass is 16.5. The summed E-state index contributed by atoms with van der Waals surface area (Å²) in [5.74, 6) is -0.301. The molecule has 3 rings (SSSR count). The van der Waals surface area contributed by atoms with Crippen LogP contribution in [0.1, 0.15) is 48.7 Å². The van der Waals surface area contributed by atoms with Gasteiger partial charge < -0.3 is 9.84 Å². The van der Waals surface area contributed by atoms with E-state index in [1.165, 1.54) is 0 Å². The van der Waals surface area contributed by atoms with Gasteiger partial charge in [-0.3, -0.25) is 9.58 Å². The van der Waals surface area contributed by atoms with Crippen molar-refractivity contribution in [2.45, 2.75) is 57.3 Å². The Morgan fingerprint density at radius 1 is 1.43 bits per heavy atom. The van der Waals surface area contributed by atoms with Crippen LogP contribution in [0.3, 0.4) is 0 Å². The summed E-state index contributed by atoms with van der Waals surface area (Å²) in [5.41, 5.74) is 1.46. The van der Waals surface area contributed by atoms with Crippen molar-refractivity contribution in [1.29, 1.82) is 0 Å². The molecule has 2 atom stereocenters.